The van der Waals surface area contributed by atoms with Gasteiger partial charge in [0.1, 0.15) is 11.6 Å². The third kappa shape index (κ3) is 6.78. The van der Waals surface area contributed by atoms with E-state index in [0.29, 0.717) is 25.4 Å². The summed E-state index contributed by atoms with van der Waals surface area (Å²) in [5, 5.41) is 3.87. The number of benzene rings is 1. The first-order chi connectivity index (χ1) is 13.6. The average Bonchev–Trinajstić information content (AvgIpc) is 3.16. The Morgan fingerprint density at radius 1 is 1.36 bits per heavy atom. The van der Waals surface area contributed by atoms with Crippen LogP contribution in [0, 0.1) is 0 Å². The van der Waals surface area contributed by atoms with Crippen molar-refractivity contribution in [1.82, 2.24) is 14.7 Å². The highest BCUT2D eigenvalue weighted by Crippen LogP contribution is 2.23. The zero-order chi connectivity index (χ0) is 20.4. The fourth-order valence-electron chi connectivity index (χ4n) is 2.84. The SMILES string of the molecule is CCCCNC(=O)CCN(c1nc(Cc2cccc(OC)c2)ns1)[C@@H](C)CC. The maximum atomic E-state index is 12.1. The molecule has 1 aromatic heterocycles. The molecule has 0 radical (unpaired) electrons. The minimum atomic E-state index is 0.0999. The standard InChI is InChI=1S/C21H32N4O2S/c1-5-7-12-22-20(26)11-13-25(16(3)6-2)21-23-19(24-28-21)15-17-9-8-10-18(14-17)27-4/h8-10,14,16H,5-7,11-13,15H2,1-4H3,(H,22,26)/t16-/m0/s1. The maximum Gasteiger partial charge on any atom is 0.221 e. The number of unbranched alkanes of at least 4 members (excludes halogenated alkanes) is 1. The normalized spacial score (nSPS) is 11.9. The van der Waals surface area contributed by atoms with Gasteiger partial charge < -0.3 is 15.0 Å². The van der Waals surface area contributed by atoms with Crippen LogP contribution in [-0.2, 0) is 11.2 Å². The molecule has 0 bridgehead atoms. The number of carbonyl (C=O) groups is 1. The van der Waals surface area contributed by atoms with Crippen LogP contribution in [0.5, 0.6) is 5.75 Å². The molecule has 7 heteroatoms. The van der Waals surface area contributed by atoms with Gasteiger partial charge in [0.15, 0.2) is 0 Å². The molecule has 0 fully saturated rings. The molecule has 0 saturated carbocycles. The first kappa shape index (κ1) is 22.1. The van der Waals surface area contributed by atoms with Crippen molar-refractivity contribution in [2.24, 2.45) is 0 Å². The second-order valence-corrected chi connectivity index (χ2v) is 7.66. The Labute approximate surface area is 172 Å². The molecule has 2 rings (SSSR count). The molecule has 0 saturated heterocycles. The van der Waals surface area contributed by atoms with Gasteiger partial charge in [0.25, 0.3) is 0 Å². The number of hydrogen-bond acceptors (Lipinski definition) is 6. The molecule has 0 aliphatic heterocycles. The zero-order valence-electron chi connectivity index (χ0n) is 17.4. The summed E-state index contributed by atoms with van der Waals surface area (Å²) in [6.45, 7) is 7.84. The minimum Gasteiger partial charge on any atom is -0.497 e. The number of hydrogen-bond donors (Lipinski definition) is 1. The fraction of sp³-hybridized carbons (Fsp3) is 0.571. The number of aromatic nitrogens is 2. The number of nitrogens with zero attached hydrogens (tertiary/aromatic N) is 3. The van der Waals surface area contributed by atoms with Crippen LogP contribution in [0.1, 0.15) is 57.8 Å². The zero-order valence-corrected chi connectivity index (χ0v) is 18.2. The molecule has 2 aromatic rings. The lowest BCUT2D eigenvalue weighted by molar-refractivity contribution is -0.120. The molecule has 0 unspecified atom stereocenters. The molecule has 0 aliphatic rings. The van der Waals surface area contributed by atoms with Gasteiger partial charge in [-0.2, -0.15) is 4.37 Å². The summed E-state index contributed by atoms with van der Waals surface area (Å²) < 4.78 is 9.83. The van der Waals surface area contributed by atoms with Gasteiger partial charge in [-0.25, -0.2) is 4.98 Å². The maximum absolute atomic E-state index is 12.1. The van der Waals surface area contributed by atoms with E-state index in [1.165, 1.54) is 11.5 Å². The highest BCUT2D eigenvalue weighted by atomic mass is 32.1. The fourth-order valence-corrected chi connectivity index (χ4v) is 3.65. The van der Waals surface area contributed by atoms with Gasteiger partial charge in [-0.05, 0) is 37.5 Å². The van der Waals surface area contributed by atoms with Gasteiger partial charge >= 0.3 is 0 Å². The lowest BCUT2D eigenvalue weighted by Gasteiger charge is -2.27. The molecule has 0 aliphatic carbocycles. The quantitative estimate of drug-likeness (QED) is 0.541. The third-order valence-corrected chi connectivity index (χ3v) is 5.55. The first-order valence-electron chi connectivity index (χ1n) is 10.1. The van der Waals surface area contributed by atoms with Crippen molar-refractivity contribution in [2.45, 2.75) is 58.9 Å². The number of nitrogens with one attached hydrogen (secondary N) is 1. The van der Waals surface area contributed by atoms with Gasteiger partial charge in [0, 0.05) is 43.5 Å². The van der Waals surface area contributed by atoms with E-state index >= 15 is 0 Å². The first-order valence-corrected chi connectivity index (χ1v) is 10.8. The lowest BCUT2D eigenvalue weighted by Crippen LogP contribution is -2.36. The van der Waals surface area contributed by atoms with Crippen LogP contribution in [0.25, 0.3) is 0 Å². The summed E-state index contributed by atoms with van der Waals surface area (Å²) in [6, 6.07) is 8.27. The van der Waals surface area contributed by atoms with Crippen LogP contribution in [0.15, 0.2) is 24.3 Å². The van der Waals surface area contributed by atoms with Crippen LogP contribution in [0.4, 0.5) is 5.13 Å². The van der Waals surface area contributed by atoms with Crippen molar-refractivity contribution < 1.29 is 9.53 Å². The predicted molar refractivity (Wildman–Crippen MR) is 115 cm³/mol. The van der Waals surface area contributed by atoms with Gasteiger partial charge in [-0.15, -0.1) is 0 Å². The van der Waals surface area contributed by atoms with E-state index < -0.39 is 0 Å². The van der Waals surface area contributed by atoms with E-state index in [2.05, 4.69) is 41.4 Å². The highest BCUT2D eigenvalue weighted by Gasteiger charge is 2.19. The molecular formula is C21H32N4O2S. The van der Waals surface area contributed by atoms with Gasteiger partial charge in [0.2, 0.25) is 11.0 Å². The van der Waals surface area contributed by atoms with Gasteiger partial charge in [0.05, 0.1) is 7.11 Å². The number of anilines is 1. The van der Waals surface area contributed by atoms with E-state index in [0.717, 1.165) is 48.1 Å². The van der Waals surface area contributed by atoms with E-state index in [1.54, 1.807) is 7.11 Å². The molecule has 1 heterocycles. The van der Waals surface area contributed by atoms with E-state index in [4.69, 9.17) is 9.72 Å². The molecular weight excluding hydrogens is 372 g/mol. The van der Waals surface area contributed by atoms with Crippen LogP contribution in [-0.4, -0.2) is 41.5 Å². The Balaban J connectivity index is 2.01. The molecule has 154 valence electrons. The summed E-state index contributed by atoms with van der Waals surface area (Å²) in [5.41, 5.74) is 1.12. The number of methoxy groups -OCH3 is 1. The van der Waals surface area contributed by atoms with Crippen LogP contribution < -0.4 is 15.0 Å². The topological polar surface area (TPSA) is 67.4 Å². The summed E-state index contributed by atoms with van der Waals surface area (Å²) in [6.07, 6.45) is 4.23. The van der Waals surface area contributed by atoms with Gasteiger partial charge in [-0.1, -0.05) is 32.4 Å². The molecule has 1 amide bonds. The minimum absolute atomic E-state index is 0.0999. The van der Waals surface area contributed by atoms with Gasteiger partial charge in [-0.3, -0.25) is 4.79 Å². The summed E-state index contributed by atoms with van der Waals surface area (Å²) in [7, 11) is 1.67. The molecule has 6 nitrogen and oxygen atoms in total. The Hall–Kier alpha value is -2.15. The van der Waals surface area contributed by atoms with Crippen LogP contribution in [0.3, 0.4) is 0 Å². The lowest BCUT2D eigenvalue weighted by atomic mass is 10.1. The Bertz CT molecular complexity index is 735. The predicted octanol–water partition coefficient (Wildman–Crippen LogP) is 4.05. The van der Waals surface area contributed by atoms with Crippen molar-refractivity contribution in [2.75, 3.05) is 25.1 Å². The monoisotopic (exact) mass is 404 g/mol. The van der Waals surface area contributed by atoms with E-state index in [9.17, 15) is 4.79 Å². The number of ether oxygens (including phenoxy) is 1. The van der Waals surface area contributed by atoms with E-state index in [-0.39, 0.29) is 5.91 Å². The van der Waals surface area contributed by atoms with Crippen molar-refractivity contribution >= 4 is 22.6 Å². The van der Waals surface area contributed by atoms with Crippen molar-refractivity contribution in [1.29, 1.82) is 0 Å². The second kappa shape index (κ2) is 11.6. The number of carbonyl (C=O) groups excluding carboxylic acids is 1. The van der Waals surface area contributed by atoms with E-state index in [1.807, 2.05) is 18.2 Å². The molecule has 1 aromatic carbocycles. The highest BCUT2D eigenvalue weighted by molar-refractivity contribution is 7.09. The second-order valence-electron chi connectivity index (χ2n) is 6.93. The molecule has 28 heavy (non-hydrogen) atoms. The number of rotatable bonds is 12. The Morgan fingerprint density at radius 2 is 2.18 bits per heavy atom. The Morgan fingerprint density at radius 3 is 2.89 bits per heavy atom. The molecule has 1 N–H and O–H groups in total. The molecule has 1 atom stereocenters. The summed E-state index contributed by atoms with van der Waals surface area (Å²) in [4.78, 5) is 19.0. The summed E-state index contributed by atoms with van der Waals surface area (Å²) in [5.74, 6) is 1.74. The third-order valence-electron chi connectivity index (χ3n) is 4.75. The number of amides is 1. The smallest absolute Gasteiger partial charge is 0.221 e. The van der Waals surface area contributed by atoms with Crippen molar-refractivity contribution in [3.63, 3.8) is 0 Å². The van der Waals surface area contributed by atoms with Crippen molar-refractivity contribution in [3.8, 4) is 5.75 Å². The van der Waals surface area contributed by atoms with Crippen LogP contribution >= 0.6 is 11.5 Å². The summed E-state index contributed by atoms with van der Waals surface area (Å²) >= 11 is 1.41. The Kier molecular flexibility index (Phi) is 9.20. The largest absolute Gasteiger partial charge is 0.497 e. The average molecular weight is 405 g/mol. The molecule has 0 spiro atoms. The van der Waals surface area contributed by atoms with Crippen molar-refractivity contribution in [3.05, 3.63) is 35.7 Å². The van der Waals surface area contributed by atoms with Crippen LogP contribution in [0.2, 0.25) is 0 Å².